The highest BCUT2D eigenvalue weighted by Gasteiger charge is 2.25. The molecule has 4 amide bonds. The Morgan fingerprint density at radius 2 is 1.76 bits per heavy atom. The monoisotopic (exact) mass is 478 g/mol. The third-order valence-electron chi connectivity index (χ3n) is 4.73. The number of carboxylic acid groups (broad SMARTS) is 1. The number of aliphatic carboxylic acids is 1. The molecule has 1 aromatic carbocycles. The van der Waals surface area contributed by atoms with E-state index < -0.39 is 60.7 Å². The van der Waals surface area contributed by atoms with Gasteiger partial charge in [-0.15, -0.1) is 0 Å². The summed E-state index contributed by atoms with van der Waals surface area (Å²) in [5.74, 6) is -4.57. The number of thiol groups is 1. The molecule has 0 saturated carbocycles. The third-order valence-corrected chi connectivity index (χ3v) is 5.09. The van der Waals surface area contributed by atoms with Crippen molar-refractivity contribution in [2.45, 2.75) is 31.0 Å². The van der Waals surface area contributed by atoms with Crippen LogP contribution in [0.5, 0.6) is 0 Å². The van der Waals surface area contributed by atoms with Crippen LogP contribution in [0.3, 0.4) is 0 Å². The van der Waals surface area contributed by atoms with Gasteiger partial charge in [-0.1, -0.05) is 18.2 Å². The van der Waals surface area contributed by atoms with Gasteiger partial charge in [0.05, 0.1) is 19.0 Å². The molecule has 1 aromatic heterocycles. The van der Waals surface area contributed by atoms with Gasteiger partial charge in [-0.25, -0.2) is 4.79 Å². The number of nitrogens with one attached hydrogen (secondary N) is 4. The third kappa shape index (κ3) is 7.50. The van der Waals surface area contributed by atoms with Crippen molar-refractivity contribution >= 4 is 53.1 Å². The largest absolute Gasteiger partial charge is 0.480 e. The molecule has 0 radical (unpaired) electrons. The predicted octanol–water partition coefficient (Wildman–Crippen LogP) is -1.99. The van der Waals surface area contributed by atoms with Crippen LogP contribution < -0.4 is 27.4 Å². The van der Waals surface area contributed by atoms with Crippen molar-refractivity contribution in [3.63, 3.8) is 0 Å². The number of carbonyl (C=O) groups excluding carboxylic acids is 4. The fourth-order valence-corrected chi connectivity index (χ4v) is 3.30. The van der Waals surface area contributed by atoms with Crippen molar-refractivity contribution in [3.05, 3.63) is 36.0 Å². The fourth-order valence-electron chi connectivity index (χ4n) is 3.04. The lowest BCUT2D eigenvalue weighted by molar-refractivity contribution is -0.143. The highest BCUT2D eigenvalue weighted by atomic mass is 32.1. The van der Waals surface area contributed by atoms with E-state index in [1.807, 2.05) is 24.3 Å². The number of hydrogen-bond acceptors (Lipinski definition) is 7. The van der Waals surface area contributed by atoms with Crippen LogP contribution in [0.25, 0.3) is 10.9 Å². The van der Waals surface area contributed by atoms with Crippen molar-refractivity contribution in [2.75, 3.05) is 12.3 Å². The first-order chi connectivity index (χ1) is 15.6. The van der Waals surface area contributed by atoms with Gasteiger partial charge in [-0.3, -0.25) is 19.2 Å². The number of H-pyrrole nitrogens is 1. The summed E-state index contributed by atoms with van der Waals surface area (Å²) < 4.78 is 0. The summed E-state index contributed by atoms with van der Waals surface area (Å²) in [6, 6.07) is 4.01. The molecule has 12 nitrogen and oxygen atoms in total. The predicted molar refractivity (Wildman–Crippen MR) is 122 cm³/mol. The highest BCUT2D eigenvalue weighted by Crippen LogP contribution is 2.18. The van der Waals surface area contributed by atoms with Crippen LogP contribution in [0.2, 0.25) is 0 Å². The summed E-state index contributed by atoms with van der Waals surface area (Å²) in [7, 11) is 0. The van der Waals surface area contributed by atoms with Crippen LogP contribution in [0.4, 0.5) is 0 Å². The molecule has 2 aromatic rings. The summed E-state index contributed by atoms with van der Waals surface area (Å²) >= 11 is 4.05. The second kappa shape index (κ2) is 11.9. The Balaban J connectivity index is 1.87. The van der Waals surface area contributed by atoms with Gasteiger partial charge >= 0.3 is 5.97 Å². The molecule has 13 heteroatoms. The minimum absolute atomic E-state index is 0.0710. The Hall–Kier alpha value is -3.58. The zero-order valence-electron chi connectivity index (χ0n) is 17.5. The number of aromatic nitrogens is 1. The van der Waals surface area contributed by atoms with Gasteiger partial charge in [0.25, 0.3) is 0 Å². The van der Waals surface area contributed by atoms with E-state index in [1.54, 1.807) is 6.20 Å². The van der Waals surface area contributed by atoms with Crippen LogP contribution in [0.1, 0.15) is 12.0 Å². The highest BCUT2D eigenvalue weighted by molar-refractivity contribution is 7.80. The lowest BCUT2D eigenvalue weighted by atomic mass is 10.0. The lowest BCUT2D eigenvalue weighted by Gasteiger charge is -2.19. The first kappa shape index (κ1) is 25.7. The van der Waals surface area contributed by atoms with E-state index in [9.17, 15) is 24.0 Å². The summed E-state index contributed by atoms with van der Waals surface area (Å²) in [5, 5.41) is 16.8. The quantitative estimate of drug-likeness (QED) is 0.161. The van der Waals surface area contributed by atoms with Gasteiger partial charge in [0.1, 0.15) is 12.1 Å². The minimum Gasteiger partial charge on any atom is -0.480 e. The zero-order chi connectivity index (χ0) is 24.5. The maximum absolute atomic E-state index is 12.5. The maximum Gasteiger partial charge on any atom is 0.326 e. The number of nitrogens with two attached hydrogens (primary N) is 2. The van der Waals surface area contributed by atoms with E-state index in [-0.39, 0.29) is 12.2 Å². The Bertz CT molecular complexity index is 1040. The first-order valence-electron chi connectivity index (χ1n) is 9.92. The molecular weight excluding hydrogens is 452 g/mol. The molecule has 0 fully saturated rings. The van der Waals surface area contributed by atoms with E-state index in [1.165, 1.54) is 0 Å². The molecular formula is C20H26N6O6S. The van der Waals surface area contributed by atoms with E-state index in [2.05, 4.69) is 33.6 Å². The van der Waals surface area contributed by atoms with Crippen molar-refractivity contribution in [1.29, 1.82) is 0 Å². The van der Waals surface area contributed by atoms with Crippen molar-refractivity contribution in [3.8, 4) is 0 Å². The number of primary amides is 1. The molecule has 2 rings (SSSR count). The SMILES string of the molecule is NC(=O)CC(NC(=O)CNC(=O)C(CS)NC(=O)C(N)Cc1c[nH]c2ccccc12)C(=O)O. The molecule has 0 aliphatic heterocycles. The number of fused-ring (bicyclic) bond motifs is 1. The Morgan fingerprint density at radius 3 is 2.39 bits per heavy atom. The Morgan fingerprint density at radius 1 is 1.06 bits per heavy atom. The summed E-state index contributed by atoms with van der Waals surface area (Å²) in [6.45, 7) is -0.580. The number of para-hydroxylation sites is 1. The number of amides is 4. The molecule has 3 unspecified atom stereocenters. The van der Waals surface area contributed by atoms with Gasteiger partial charge in [0, 0.05) is 22.9 Å². The van der Waals surface area contributed by atoms with Gasteiger partial charge in [0.15, 0.2) is 0 Å². The summed E-state index contributed by atoms with van der Waals surface area (Å²) in [4.78, 5) is 61.8. The van der Waals surface area contributed by atoms with Crippen LogP contribution in [0, 0.1) is 0 Å². The molecule has 0 saturated heterocycles. The van der Waals surface area contributed by atoms with E-state index in [0.717, 1.165) is 16.5 Å². The van der Waals surface area contributed by atoms with Gasteiger partial charge in [0.2, 0.25) is 23.6 Å². The normalized spacial score (nSPS) is 13.5. The van der Waals surface area contributed by atoms with Gasteiger partial charge < -0.3 is 37.5 Å². The molecule has 0 aliphatic rings. The number of aromatic amines is 1. The topological polar surface area (TPSA) is 209 Å². The van der Waals surface area contributed by atoms with Gasteiger partial charge in [-0.05, 0) is 18.1 Å². The average Bonchev–Trinajstić information content (AvgIpc) is 3.17. The van der Waals surface area contributed by atoms with Crippen LogP contribution in [0.15, 0.2) is 30.5 Å². The fraction of sp³-hybridized carbons (Fsp3) is 0.350. The van der Waals surface area contributed by atoms with Crippen molar-refractivity contribution < 1.29 is 29.1 Å². The number of rotatable bonds is 12. The van der Waals surface area contributed by atoms with Crippen LogP contribution in [-0.2, 0) is 30.4 Å². The molecule has 0 spiro atoms. The first-order valence-corrected chi connectivity index (χ1v) is 10.6. The average molecular weight is 479 g/mol. The molecule has 33 heavy (non-hydrogen) atoms. The van der Waals surface area contributed by atoms with E-state index in [0.29, 0.717) is 0 Å². The number of benzene rings is 1. The second-order valence-electron chi connectivity index (χ2n) is 7.26. The molecule has 9 N–H and O–H groups in total. The number of carboxylic acids is 1. The molecule has 3 atom stereocenters. The molecule has 0 bridgehead atoms. The second-order valence-corrected chi connectivity index (χ2v) is 7.63. The van der Waals surface area contributed by atoms with Crippen molar-refractivity contribution in [2.24, 2.45) is 11.5 Å². The Labute approximate surface area is 194 Å². The van der Waals surface area contributed by atoms with E-state index in [4.69, 9.17) is 16.6 Å². The standard InChI is InChI=1S/C20H26N6O6S/c21-12(5-10-7-23-13-4-2-1-3-11(10)13)18(29)26-15(9-33)19(30)24-8-17(28)25-14(20(31)32)6-16(22)27/h1-4,7,12,14-15,23,33H,5-6,8-9,21H2,(H2,22,27)(H,24,30)(H,25,28)(H,26,29)(H,31,32). The van der Waals surface area contributed by atoms with E-state index >= 15 is 0 Å². The maximum atomic E-state index is 12.5. The minimum atomic E-state index is -1.52. The smallest absolute Gasteiger partial charge is 0.326 e. The zero-order valence-corrected chi connectivity index (χ0v) is 18.4. The molecule has 0 aliphatic carbocycles. The summed E-state index contributed by atoms with van der Waals surface area (Å²) in [5.41, 5.74) is 12.7. The lowest BCUT2D eigenvalue weighted by Crippen LogP contribution is -2.54. The van der Waals surface area contributed by atoms with Crippen LogP contribution in [-0.4, -0.2) is 70.1 Å². The van der Waals surface area contributed by atoms with Crippen molar-refractivity contribution in [1.82, 2.24) is 20.9 Å². The summed E-state index contributed by atoms with van der Waals surface area (Å²) in [6.07, 6.45) is 1.40. The van der Waals surface area contributed by atoms with Crippen LogP contribution >= 0.6 is 12.6 Å². The Kier molecular flexibility index (Phi) is 9.24. The number of hydrogen-bond donors (Lipinski definition) is 8. The molecule has 178 valence electrons. The molecule has 1 heterocycles. The number of carbonyl (C=O) groups is 5. The van der Waals surface area contributed by atoms with Gasteiger partial charge in [-0.2, -0.15) is 12.6 Å².